The van der Waals surface area contributed by atoms with Crippen molar-refractivity contribution in [2.24, 2.45) is 0 Å². The number of rotatable bonds is 6. The Hall–Kier alpha value is -3.81. The van der Waals surface area contributed by atoms with Crippen molar-refractivity contribution < 1.29 is 18.3 Å². The Bertz CT molecular complexity index is 1250. The summed E-state index contributed by atoms with van der Waals surface area (Å²) in [5.41, 5.74) is 3.16. The van der Waals surface area contributed by atoms with Crippen molar-refractivity contribution >= 4 is 23.4 Å². The quantitative estimate of drug-likeness (QED) is 0.464. The van der Waals surface area contributed by atoms with Gasteiger partial charge in [-0.15, -0.1) is 0 Å². The number of halogens is 2. The number of nitrogens with one attached hydrogen (secondary N) is 1. The monoisotopic (exact) mass is 408 g/mol. The van der Waals surface area contributed by atoms with Crippen LogP contribution in [-0.2, 0) is 6.42 Å². The van der Waals surface area contributed by atoms with Crippen LogP contribution >= 0.6 is 0 Å². The molecule has 8 heteroatoms. The molecule has 0 aliphatic heterocycles. The van der Waals surface area contributed by atoms with Crippen LogP contribution in [0.3, 0.4) is 0 Å². The van der Waals surface area contributed by atoms with Crippen molar-refractivity contribution in [3.63, 3.8) is 0 Å². The first-order valence-electron chi connectivity index (χ1n) is 9.27. The number of ether oxygens (including phenoxy) is 1. The van der Waals surface area contributed by atoms with E-state index in [1.807, 2.05) is 13.0 Å². The van der Waals surface area contributed by atoms with Crippen molar-refractivity contribution in [3.8, 4) is 17.0 Å². The molecule has 4 rings (SSSR count). The van der Waals surface area contributed by atoms with Crippen LogP contribution in [0.25, 0.3) is 16.9 Å². The average Bonchev–Trinajstić information content (AvgIpc) is 3.20. The van der Waals surface area contributed by atoms with E-state index in [9.17, 15) is 13.6 Å². The summed E-state index contributed by atoms with van der Waals surface area (Å²) in [6, 6.07) is 8.20. The lowest BCUT2D eigenvalue weighted by atomic mass is 10.1. The minimum atomic E-state index is -1.06. The van der Waals surface area contributed by atoms with E-state index in [2.05, 4.69) is 15.3 Å². The molecule has 0 atom stereocenters. The van der Waals surface area contributed by atoms with Crippen molar-refractivity contribution in [3.05, 3.63) is 71.7 Å². The number of aryl methyl sites for hydroxylation is 1. The Morgan fingerprint density at radius 2 is 2.00 bits per heavy atom. The van der Waals surface area contributed by atoms with Crippen LogP contribution in [0.5, 0.6) is 5.75 Å². The van der Waals surface area contributed by atoms with E-state index in [-0.39, 0.29) is 11.3 Å². The lowest BCUT2D eigenvalue weighted by Crippen LogP contribution is -2.01. The van der Waals surface area contributed by atoms with Crippen molar-refractivity contribution in [1.29, 1.82) is 0 Å². The third-order valence-corrected chi connectivity index (χ3v) is 4.88. The lowest BCUT2D eigenvalue weighted by Gasteiger charge is -2.11. The normalized spacial score (nSPS) is 10.9. The molecule has 0 fully saturated rings. The van der Waals surface area contributed by atoms with E-state index in [1.165, 1.54) is 25.4 Å². The van der Waals surface area contributed by atoms with Gasteiger partial charge < -0.3 is 10.1 Å². The number of carbonyl (C=O) groups excluding carboxylic acids is 1. The molecule has 2 aromatic heterocycles. The highest BCUT2D eigenvalue weighted by Gasteiger charge is 2.19. The van der Waals surface area contributed by atoms with Gasteiger partial charge in [-0.05, 0) is 42.3 Å². The fraction of sp³-hybridized carbons (Fsp3) is 0.136. The van der Waals surface area contributed by atoms with Gasteiger partial charge >= 0.3 is 0 Å². The first-order chi connectivity index (χ1) is 14.6. The molecule has 6 nitrogen and oxygen atoms in total. The largest absolute Gasteiger partial charge is 0.494 e. The van der Waals surface area contributed by atoms with E-state index >= 15 is 0 Å². The van der Waals surface area contributed by atoms with Gasteiger partial charge in [0.05, 0.1) is 19.0 Å². The number of imidazole rings is 1. The van der Waals surface area contributed by atoms with E-state index < -0.39 is 11.6 Å². The molecular weight excluding hydrogens is 390 g/mol. The molecule has 0 amide bonds. The van der Waals surface area contributed by atoms with Crippen LogP contribution < -0.4 is 10.1 Å². The SMILES string of the molecule is CCc1cc(Nc2nccn3c(-c4ccc(OC)c(F)c4F)cnc23)ccc1C=O. The number of anilines is 2. The highest BCUT2D eigenvalue weighted by Crippen LogP contribution is 2.31. The van der Waals surface area contributed by atoms with Gasteiger partial charge in [-0.2, -0.15) is 4.39 Å². The summed E-state index contributed by atoms with van der Waals surface area (Å²) in [6.07, 6.45) is 6.15. The van der Waals surface area contributed by atoms with Crippen LogP contribution in [-0.4, -0.2) is 27.8 Å². The molecule has 0 radical (unpaired) electrons. The van der Waals surface area contributed by atoms with E-state index in [0.717, 1.165) is 17.5 Å². The number of carbonyl (C=O) groups is 1. The molecule has 4 aromatic rings. The fourth-order valence-corrected chi connectivity index (χ4v) is 3.34. The molecule has 2 heterocycles. The second-order valence-electron chi connectivity index (χ2n) is 6.57. The maximum Gasteiger partial charge on any atom is 0.201 e. The van der Waals surface area contributed by atoms with Gasteiger partial charge in [-0.1, -0.05) is 6.92 Å². The third kappa shape index (κ3) is 3.26. The number of benzene rings is 2. The molecule has 0 aliphatic carbocycles. The van der Waals surface area contributed by atoms with E-state index in [4.69, 9.17) is 4.74 Å². The molecule has 0 aliphatic rings. The Balaban J connectivity index is 1.76. The summed E-state index contributed by atoms with van der Waals surface area (Å²) in [5.74, 6) is -1.79. The highest BCUT2D eigenvalue weighted by molar-refractivity contribution is 5.80. The van der Waals surface area contributed by atoms with E-state index in [0.29, 0.717) is 29.1 Å². The zero-order valence-electron chi connectivity index (χ0n) is 16.3. The molecule has 2 aromatic carbocycles. The topological polar surface area (TPSA) is 68.5 Å². The maximum absolute atomic E-state index is 14.6. The summed E-state index contributed by atoms with van der Waals surface area (Å²) in [4.78, 5) is 19.8. The average molecular weight is 408 g/mol. The smallest absolute Gasteiger partial charge is 0.201 e. The Morgan fingerprint density at radius 1 is 1.17 bits per heavy atom. The van der Waals surface area contributed by atoms with Crippen LogP contribution in [0.2, 0.25) is 0 Å². The second kappa shape index (κ2) is 7.90. The van der Waals surface area contributed by atoms with E-state index in [1.54, 1.807) is 28.9 Å². The van der Waals surface area contributed by atoms with Gasteiger partial charge in [0.1, 0.15) is 6.29 Å². The zero-order chi connectivity index (χ0) is 21.3. The Labute approximate surface area is 171 Å². The summed E-state index contributed by atoms with van der Waals surface area (Å²) in [7, 11) is 1.28. The number of hydrogen-bond acceptors (Lipinski definition) is 5. The van der Waals surface area contributed by atoms with Crippen molar-refractivity contribution in [1.82, 2.24) is 14.4 Å². The third-order valence-electron chi connectivity index (χ3n) is 4.88. The molecular formula is C22H18F2N4O2. The number of aldehydes is 1. The molecule has 152 valence electrons. The molecule has 0 saturated heterocycles. The molecule has 30 heavy (non-hydrogen) atoms. The predicted octanol–water partition coefficient (Wildman–Crippen LogP) is 4.80. The number of methoxy groups -OCH3 is 1. The van der Waals surface area contributed by atoms with Gasteiger partial charge in [0, 0.05) is 29.2 Å². The van der Waals surface area contributed by atoms with Crippen LogP contribution in [0.4, 0.5) is 20.3 Å². The highest BCUT2D eigenvalue weighted by atomic mass is 19.2. The Kier molecular flexibility index (Phi) is 5.14. The molecule has 0 bridgehead atoms. The standard InChI is InChI=1S/C22H18F2N4O2/c1-3-13-10-15(5-4-14(13)12-29)27-21-22-26-11-17(28(22)9-8-25-21)16-6-7-18(30-2)20(24)19(16)23/h4-12H,3H2,1-2H3,(H,25,27). The van der Waals surface area contributed by atoms with Crippen LogP contribution in [0, 0.1) is 11.6 Å². The Morgan fingerprint density at radius 3 is 2.73 bits per heavy atom. The van der Waals surface area contributed by atoms with Gasteiger partial charge in [-0.25, -0.2) is 14.4 Å². The summed E-state index contributed by atoms with van der Waals surface area (Å²) in [5, 5.41) is 3.18. The minimum absolute atomic E-state index is 0.0570. The van der Waals surface area contributed by atoms with Crippen LogP contribution in [0.15, 0.2) is 48.9 Å². The molecule has 0 spiro atoms. The first-order valence-corrected chi connectivity index (χ1v) is 9.27. The maximum atomic E-state index is 14.6. The van der Waals surface area contributed by atoms with Gasteiger partial charge in [0.15, 0.2) is 23.0 Å². The minimum Gasteiger partial charge on any atom is -0.494 e. The van der Waals surface area contributed by atoms with Gasteiger partial charge in [0.25, 0.3) is 0 Å². The lowest BCUT2D eigenvalue weighted by molar-refractivity contribution is 0.112. The molecule has 0 unspecified atom stereocenters. The summed E-state index contributed by atoms with van der Waals surface area (Å²) >= 11 is 0. The zero-order valence-corrected chi connectivity index (χ0v) is 16.3. The molecule has 1 N–H and O–H groups in total. The number of hydrogen-bond donors (Lipinski definition) is 1. The number of aromatic nitrogens is 3. The summed E-state index contributed by atoms with van der Waals surface area (Å²) in [6.45, 7) is 1.97. The van der Waals surface area contributed by atoms with Crippen molar-refractivity contribution in [2.75, 3.05) is 12.4 Å². The summed E-state index contributed by atoms with van der Waals surface area (Å²) < 4.78 is 35.2. The fourth-order valence-electron chi connectivity index (χ4n) is 3.34. The first kappa shape index (κ1) is 19.5. The molecule has 0 saturated carbocycles. The van der Waals surface area contributed by atoms with Crippen LogP contribution in [0.1, 0.15) is 22.8 Å². The van der Waals surface area contributed by atoms with Crippen molar-refractivity contribution in [2.45, 2.75) is 13.3 Å². The second-order valence-corrected chi connectivity index (χ2v) is 6.57. The number of fused-ring (bicyclic) bond motifs is 1. The number of nitrogens with zero attached hydrogens (tertiary/aromatic N) is 3. The predicted molar refractivity (Wildman–Crippen MR) is 109 cm³/mol. The van der Waals surface area contributed by atoms with Gasteiger partial charge in [0.2, 0.25) is 5.82 Å². The van der Waals surface area contributed by atoms with Gasteiger partial charge in [-0.3, -0.25) is 9.20 Å².